The van der Waals surface area contributed by atoms with E-state index < -0.39 is 0 Å². The SMILES string of the molecule is c1ccc(-c2cccc(-c3cccc4c3c3ccc(N(c5ccccc5-c5ccccc5)c5cccc6c5sc5ccccc56)cc3n4-c3ccccc3)c2)cc1. The summed E-state index contributed by atoms with van der Waals surface area (Å²) in [4.78, 5) is 2.48. The number of benzene rings is 9. The Hall–Kier alpha value is -7.20. The van der Waals surface area contributed by atoms with E-state index in [1.54, 1.807) is 0 Å². The van der Waals surface area contributed by atoms with Crippen LogP contribution in [0.4, 0.5) is 17.1 Å². The molecule has 0 atom stereocenters. The van der Waals surface area contributed by atoms with Crippen LogP contribution in [-0.2, 0) is 0 Å². The van der Waals surface area contributed by atoms with Crippen LogP contribution >= 0.6 is 11.3 Å². The van der Waals surface area contributed by atoms with Crippen molar-refractivity contribution in [2.45, 2.75) is 0 Å². The molecule has 268 valence electrons. The van der Waals surface area contributed by atoms with Crippen molar-refractivity contribution < 1.29 is 0 Å². The van der Waals surface area contributed by atoms with E-state index in [-0.39, 0.29) is 0 Å². The Kier molecular flexibility index (Phi) is 8.04. The molecule has 0 aliphatic carbocycles. The lowest BCUT2D eigenvalue weighted by atomic mass is 9.96. The third-order valence-corrected chi connectivity index (χ3v) is 12.4. The van der Waals surface area contributed by atoms with Crippen LogP contribution in [0.2, 0.25) is 0 Å². The highest BCUT2D eigenvalue weighted by atomic mass is 32.1. The van der Waals surface area contributed by atoms with Gasteiger partial charge in [0.15, 0.2) is 0 Å². The zero-order valence-electron chi connectivity index (χ0n) is 31.1. The van der Waals surface area contributed by atoms with Crippen molar-refractivity contribution in [2.24, 2.45) is 0 Å². The topological polar surface area (TPSA) is 8.17 Å². The van der Waals surface area contributed by atoms with Crippen molar-refractivity contribution in [3.05, 3.63) is 218 Å². The van der Waals surface area contributed by atoms with E-state index in [9.17, 15) is 0 Å². The fourth-order valence-corrected chi connectivity index (χ4v) is 9.84. The van der Waals surface area contributed by atoms with Gasteiger partial charge >= 0.3 is 0 Å². The molecule has 0 saturated carbocycles. The lowest BCUT2D eigenvalue weighted by molar-refractivity contribution is 1.18. The van der Waals surface area contributed by atoms with Gasteiger partial charge in [-0.25, -0.2) is 0 Å². The molecule has 0 saturated heterocycles. The first kappa shape index (κ1) is 33.2. The summed E-state index contributed by atoms with van der Waals surface area (Å²) in [5, 5.41) is 5.03. The van der Waals surface area contributed by atoms with Crippen LogP contribution < -0.4 is 4.90 Å². The fourth-order valence-electron chi connectivity index (χ4n) is 8.63. The number of fused-ring (bicyclic) bond motifs is 6. The third-order valence-electron chi connectivity index (χ3n) is 11.2. The highest BCUT2D eigenvalue weighted by Crippen LogP contribution is 2.48. The van der Waals surface area contributed by atoms with Crippen LogP contribution in [0.15, 0.2) is 218 Å². The van der Waals surface area contributed by atoms with Gasteiger partial charge in [0.1, 0.15) is 0 Å². The Morgan fingerprint density at radius 3 is 1.82 bits per heavy atom. The van der Waals surface area contributed by atoms with Crippen LogP contribution in [0.25, 0.3) is 81.0 Å². The van der Waals surface area contributed by atoms with Gasteiger partial charge in [-0.1, -0.05) is 164 Å². The number of hydrogen-bond donors (Lipinski definition) is 0. The van der Waals surface area contributed by atoms with Crippen molar-refractivity contribution in [3.63, 3.8) is 0 Å². The number of para-hydroxylation sites is 2. The molecule has 11 aromatic rings. The molecule has 2 heterocycles. The zero-order valence-corrected chi connectivity index (χ0v) is 31.9. The van der Waals surface area contributed by atoms with Crippen molar-refractivity contribution in [2.75, 3.05) is 4.90 Å². The zero-order chi connectivity index (χ0) is 37.7. The predicted octanol–water partition coefficient (Wildman–Crippen LogP) is 15.6. The molecule has 0 amide bonds. The van der Waals surface area contributed by atoms with Gasteiger partial charge in [-0.2, -0.15) is 0 Å². The van der Waals surface area contributed by atoms with Crippen molar-refractivity contribution in [1.82, 2.24) is 4.57 Å². The second-order valence-corrected chi connectivity index (χ2v) is 15.5. The van der Waals surface area contributed by atoms with Gasteiger partial charge in [-0.15, -0.1) is 11.3 Å². The Bertz CT molecular complexity index is 3230. The minimum atomic E-state index is 1.10. The molecular weight excluding hydrogens is 709 g/mol. The number of anilines is 3. The molecular formula is C54H36N2S. The molecule has 0 radical (unpaired) electrons. The molecule has 0 bridgehead atoms. The highest BCUT2D eigenvalue weighted by Gasteiger charge is 2.23. The molecule has 0 fully saturated rings. The molecule has 0 spiro atoms. The maximum atomic E-state index is 2.48. The minimum absolute atomic E-state index is 1.10. The summed E-state index contributed by atoms with van der Waals surface area (Å²) < 4.78 is 5.01. The molecule has 0 unspecified atom stereocenters. The van der Waals surface area contributed by atoms with Crippen LogP contribution in [0, 0.1) is 0 Å². The lowest BCUT2D eigenvalue weighted by Gasteiger charge is -2.28. The van der Waals surface area contributed by atoms with E-state index in [1.165, 1.54) is 69.8 Å². The first-order valence-electron chi connectivity index (χ1n) is 19.4. The fraction of sp³-hybridized carbons (Fsp3) is 0. The molecule has 9 aromatic carbocycles. The van der Waals surface area contributed by atoms with E-state index in [0.29, 0.717) is 0 Å². The standard InChI is InChI=1S/C54H36N2S/c1-4-17-37(18-5-1)39-21-14-22-40(35-39)44-27-15-30-49-53(44)47-34-33-42(36-51(47)55(49)41-23-8-3-9-24-41)56(48-29-12-10-25-43(48)38-19-6-2-7-20-38)50-31-16-28-46-45-26-11-13-32-52(45)57-54(46)50/h1-36H. The average molecular weight is 745 g/mol. The minimum Gasteiger partial charge on any atom is -0.309 e. The Balaban J connectivity index is 1.20. The van der Waals surface area contributed by atoms with Gasteiger partial charge in [0.05, 0.1) is 27.1 Å². The number of hydrogen-bond acceptors (Lipinski definition) is 2. The largest absolute Gasteiger partial charge is 0.309 e. The summed E-state index contributed by atoms with van der Waals surface area (Å²) in [5.74, 6) is 0. The monoisotopic (exact) mass is 744 g/mol. The lowest BCUT2D eigenvalue weighted by Crippen LogP contribution is -2.11. The smallest absolute Gasteiger partial charge is 0.0640 e. The molecule has 0 aliphatic rings. The summed E-state index contributed by atoms with van der Waals surface area (Å²) >= 11 is 1.87. The van der Waals surface area contributed by atoms with E-state index in [0.717, 1.165) is 28.3 Å². The molecule has 0 N–H and O–H groups in total. The van der Waals surface area contributed by atoms with Gasteiger partial charge in [-0.3, -0.25) is 0 Å². The average Bonchev–Trinajstić information content (AvgIpc) is 3.84. The van der Waals surface area contributed by atoms with Gasteiger partial charge in [0.25, 0.3) is 0 Å². The molecule has 3 heteroatoms. The van der Waals surface area contributed by atoms with Crippen LogP contribution in [0.5, 0.6) is 0 Å². The molecule has 2 nitrogen and oxygen atoms in total. The van der Waals surface area contributed by atoms with Gasteiger partial charge in [0, 0.05) is 43.2 Å². The first-order valence-corrected chi connectivity index (χ1v) is 20.3. The first-order chi connectivity index (χ1) is 28.3. The number of thiophene rings is 1. The Labute approximate surface area is 335 Å². The van der Waals surface area contributed by atoms with Gasteiger partial charge < -0.3 is 9.47 Å². The van der Waals surface area contributed by atoms with Crippen molar-refractivity contribution in [1.29, 1.82) is 0 Å². The number of nitrogens with zero attached hydrogens (tertiary/aromatic N) is 2. The Morgan fingerprint density at radius 2 is 0.982 bits per heavy atom. The third kappa shape index (κ3) is 5.63. The van der Waals surface area contributed by atoms with E-state index in [4.69, 9.17) is 0 Å². The molecule has 2 aromatic heterocycles. The van der Waals surface area contributed by atoms with E-state index in [1.807, 2.05) is 11.3 Å². The van der Waals surface area contributed by atoms with Crippen LogP contribution in [0.1, 0.15) is 0 Å². The van der Waals surface area contributed by atoms with Gasteiger partial charge in [0.2, 0.25) is 0 Å². The van der Waals surface area contributed by atoms with E-state index >= 15 is 0 Å². The molecule has 0 aliphatic heterocycles. The van der Waals surface area contributed by atoms with Crippen LogP contribution in [0.3, 0.4) is 0 Å². The maximum Gasteiger partial charge on any atom is 0.0640 e. The quantitative estimate of drug-likeness (QED) is 0.158. The molecule has 11 rings (SSSR count). The van der Waals surface area contributed by atoms with Gasteiger partial charge in [-0.05, 0) is 82.4 Å². The van der Waals surface area contributed by atoms with E-state index in [2.05, 4.69) is 228 Å². The normalized spacial score (nSPS) is 11.5. The number of aromatic nitrogens is 1. The summed E-state index contributed by atoms with van der Waals surface area (Å²) in [7, 11) is 0. The van der Waals surface area contributed by atoms with Crippen molar-refractivity contribution in [3.8, 4) is 39.1 Å². The predicted molar refractivity (Wildman–Crippen MR) is 245 cm³/mol. The van der Waals surface area contributed by atoms with Crippen molar-refractivity contribution >= 4 is 70.4 Å². The highest BCUT2D eigenvalue weighted by molar-refractivity contribution is 7.26. The molecule has 57 heavy (non-hydrogen) atoms. The van der Waals surface area contributed by atoms with Crippen LogP contribution in [-0.4, -0.2) is 4.57 Å². The summed E-state index contributed by atoms with van der Waals surface area (Å²) in [6, 6.07) is 79.4. The second kappa shape index (κ2) is 13.8. The summed E-state index contributed by atoms with van der Waals surface area (Å²) in [6.07, 6.45) is 0. The maximum absolute atomic E-state index is 2.48. The second-order valence-electron chi connectivity index (χ2n) is 14.5. The Morgan fingerprint density at radius 1 is 0.368 bits per heavy atom. The summed E-state index contributed by atoms with van der Waals surface area (Å²) in [6.45, 7) is 0. The number of rotatable bonds is 7. The summed E-state index contributed by atoms with van der Waals surface area (Å²) in [5.41, 5.74) is 14.1.